The van der Waals surface area contributed by atoms with Crippen LogP contribution in [0.1, 0.15) is 54.6 Å². The van der Waals surface area contributed by atoms with E-state index in [9.17, 15) is 0 Å². The van der Waals surface area contributed by atoms with Gasteiger partial charge in [-0.05, 0) is 41.7 Å². The highest BCUT2D eigenvalue weighted by Crippen LogP contribution is 2.37. The predicted octanol–water partition coefficient (Wildman–Crippen LogP) is 5.62. The van der Waals surface area contributed by atoms with E-state index in [4.69, 9.17) is 4.74 Å². The molecule has 3 heteroatoms. The zero-order valence-corrected chi connectivity index (χ0v) is 17.1. The molecule has 4 rings (SSSR count). The van der Waals surface area contributed by atoms with E-state index in [1.807, 2.05) is 6.07 Å². The number of hydrogen-bond donors (Lipinski definition) is 0. The van der Waals surface area contributed by atoms with E-state index in [0.717, 1.165) is 31.8 Å². The molecule has 0 saturated heterocycles. The standard InChI is InChI=1S/C25H30N2O/c1-19(2)21-13-11-20(12-14-21)18-27-17-7-16-26-15-6-9-23(26)25(27)22-8-4-5-10-24(22)28-3/h4-6,8-15,19,25H,7,16-18H2,1-3H3. The van der Waals surface area contributed by atoms with Crippen LogP contribution in [0, 0.1) is 0 Å². The van der Waals surface area contributed by atoms with Gasteiger partial charge in [0.05, 0.1) is 13.2 Å². The summed E-state index contributed by atoms with van der Waals surface area (Å²) < 4.78 is 8.14. The summed E-state index contributed by atoms with van der Waals surface area (Å²) in [6.45, 7) is 7.56. The van der Waals surface area contributed by atoms with E-state index >= 15 is 0 Å². The smallest absolute Gasteiger partial charge is 0.124 e. The summed E-state index contributed by atoms with van der Waals surface area (Å²) in [6.07, 6.45) is 3.36. The van der Waals surface area contributed by atoms with Gasteiger partial charge in [0.25, 0.3) is 0 Å². The third-order valence-corrected chi connectivity index (χ3v) is 5.82. The van der Waals surface area contributed by atoms with Crippen LogP contribution in [0.4, 0.5) is 0 Å². The van der Waals surface area contributed by atoms with E-state index in [-0.39, 0.29) is 6.04 Å². The van der Waals surface area contributed by atoms with Crippen LogP contribution in [-0.4, -0.2) is 23.1 Å². The third kappa shape index (κ3) is 3.72. The number of nitrogens with zero attached hydrogens (tertiary/aromatic N) is 2. The van der Waals surface area contributed by atoms with E-state index < -0.39 is 0 Å². The summed E-state index contributed by atoms with van der Waals surface area (Å²) in [5, 5.41) is 0. The molecule has 0 fully saturated rings. The number of aryl methyl sites for hydroxylation is 1. The van der Waals surface area contributed by atoms with Gasteiger partial charge in [0.15, 0.2) is 0 Å². The molecule has 3 nitrogen and oxygen atoms in total. The molecular weight excluding hydrogens is 344 g/mol. The second-order valence-corrected chi connectivity index (χ2v) is 7.99. The lowest BCUT2D eigenvalue weighted by molar-refractivity contribution is 0.216. The normalized spacial score (nSPS) is 17.4. The molecule has 0 radical (unpaired) electrons. The van der Waals surface area contributed by atoms with E-state index in [1.165, 1.54) is 22.4 Å². The van der Waals surface area contributed by atoms with Gasteiger partial charge in [-0.15, -0.1) is 0 Å². The van der Waals surface area contributed by atoms with Crippen molar-refractivity contribution in [2.45, 2.75) is 45.3 Å². The monoisotopic (exact) mass is 374 g/mol. The second-order valence-electron chi connectivity index (χ2n) is 7.99. The average Bonchev–Trinajstić information content (AvgIpc) is 3.10. The molecule has 146 valence electrons. The fourth-order valence-electron chi connectivity index (χ4n) is 4.30. The summed E-state index contributed by atoms with van der Waals surface area (Å²) in [6, 6.07) is 22.2. The van der Waals surface area contributed by atoms with Crippen LogP contribution in [0.3, 0.4) is 0 Å². The molecule has 1 aliphatic heterocycles. The lowest BCUT2D eigenvalue weighted by atomic mass is 9.98. The summed E-state index contributed by atoms with van der Waals surface area (Å²) in [7, 11) is 1.77. The van der Waals surface area contributed by atoms with Gasteiger partial charge in [0.1, 0.15) is 5.75 Å². The highest BCUT2D eigenvalue weighted by atomic mass is 16.5. The number of ether oxygens (including phenoxy) is 1. The quantitative estimate of drug-likeness (QED) is 0.577. The number of para-hydroxylation sites is 1. The number of methoxy groups -OCH3 is 1. The van der Waals surface area contributed by atoms with Crippen LogP contribution in [0.2, 0.25) is 0 Å². The van der Waals surface area contributed by atoms with Gasteiger partial charge in [-0.25, -0.2) is 0 Å². The molecule has 1 atom stereocenters. The summed E-state index contributed by atoms with van der Waals surface area (Å²) in [5.41, 5.74) is 5.35. The topological polar surface area (TPSA) is 17.4 Å². The maximum Gasteiger partial charge on any atom is 0.124 e. The highest BCUT2D eigenvalue weighted by molar-refractivity contribution is 5.41. The van der Waals surface area contributed by atoms with Crippen LogP contribution in [0.5, 0.6) is 5.75 Å². The van der Waals surface area contributed by atoms with Crippen molar-refractivity contribution in [3.63, 3.8) is 0 Å². The van der Waals surface area contributed by atoms with Crippen molar-refractivity contribution in [1.29, 1.82) is 0 Å². The maximum atomic E-state index is 5.74. The second kappa shape index (κ2) is 8.24. The van der Waals surface area contributed by atoms with Gasteiger partial charge in [-0.1, -0.05) is 56.3 Å². The number of hydrogen-bond acceptors (Lipinski definition) is 2. The minimum atomic E-state index is 0.193. The van der Waals surface area contributed by atoms with Crippen LogP contribution in [-0.2, 0) is 13.1 Å². The molecule has 1 unspecified atom stereocenters. The van der Waals surface area contributed by atoms with E-state index in [2.05, 4.69) is 84.1 Å². The molecule has 3 aromatic rings. The van der Waals surface area contributed by atoms with Crippen molar-refractivity contribution in [3.8, 4) is 5.75 Å². The first-order chi connectivity index (χ1) is 13.7. The SMILES string of the molecule is COc1ccccc1C1c2cccn2CCCN1Cc1ccc(C(C)C)cc1. The Kier molecular flexibility index (Phi) is 5.54. The summed E-state index contributed by atoms with van der Waals surface area (Å²) in [5.74, 6) is 1.53. The fraction of sp³-hybridized carbons (Fsp3) is 0.360. The van der Waals surface area contributed by atoms with Crippen LogP contribution >= 0.6 is 0 Å². The molecule has 0 amide bonds. The first-order valence-corrected chi connectivity index (χ1v) is 10.3. The van der Waals surface area contributed by atoms with E-state index in [0.29, 0.717) is 5.92 Å². The molecule has 28 heavy (non-hydrogen) atoms. The Bertz CT molecular complexity index is 910. The molecule has 0 bridgehead atoms. The Morgan fingerprint density at radius 1 is 0.964 bits per heavy atom. The average molecular weight is 375 g/mol. The zero-order valence-electron chi connectivity index (χ0n) is 17.1. The molecule has 1 aromatic heterocycles. The molecule has 0 N–H and O–H groups in total. The first-order valence-electron chi connectivity index (χ1n) is 10.3. The molecule has 2 aromatic carbocycles. The molecule has 0 spiro atoms. The Morgan fingerprint density at radius 3 is 2.50 bits per heavy atom. The lowest BCUT2D eigenvalue weighted by Crippen LogP contribution is -2.29. The predicted molar refractivity (Wildman–Crippen MR) is 115 cm³/mol. The maximum absolute atomic E-state index is 5.74. The summed E-state index contributed by atoms with van der Waals surface area (Å²) >= 11 is 0. The summed E-state index contributed by atoms with van der Waals surface area (Å²) in [4.78, 5) is 2.60. The van der Waals surface area contributed by atoms with Gasteiger partial charge < -0.3 is 9.30 Å². The number of benzene rings is 2. The minimum Gasteiger partial charge on any atom is -0.496 e. The van der Waals surface area contributed by atoms with Crippen LogP contribution < -0.4 is 4.74 Å². The molecular formula is C25H30N2O. The van der Waals surface area contributed by atoms with Gasteiger partial charge in [0, 0.05) is 37.1 Å². The van der Waals surface area contributed by atoms with Crippen molar-refractivity contribution in [3.05, 3.63) is 89.2 Å². The zero-order chi connectivity index (χ0) is 19.5. The van der Waals surface area contributed by atoms with Gasteiger partial charge in [-0.2, -0.15) is 0 Å². The molecule has 0 saturated carbocycles. The van der Waals surface area contributed by atoms with Crippen molar-refractivity contribution in [1.82, 2.24) is 9.47 Å². The van der Waals surface area contributed by atoms with Crippen molar-refractivity contribution >= 4 is 0 Å². The fourth-order valence-corrected chi connectivity index (χ4v) is 4.30. The highest BCUT2D eigenvalue weighted by Gasteiger charge is 2.29. The lowest BCUT2D eigenvalue weighted by Gasteiger charge is -2.31. The Morgan fingerprint density at radius 2 is 1.75 bits per heavy atom. The van der Waals surface area contributed by atoms with Crippen molar-refractivity contribution < 1.29 is 4.74 Å². The first kappa shape index (κ1) is 18.8. The Hall–Kier alpha value is -2.52. The van der Waals surface area contributed by atoms with Crippen molar-refractivity contribution in [2.75, 3.05) is 13.7 Å². The Balaban J connectivity index is 1.71. The molecule has 2 heterocycles. The van der Waals surface area contributed by atoms with Crippen LogP contribution in [0.15, 0.2) is 66.9 Å². The van der Waals surface area contributed by atoms with E-state index in [1.54, 1.807) is 7.11 Å². The third-order valence-electron chi connectivity index (χ3n) is 5.82. The molecule has 1 aliphatic rings. The number of rotatable bonds is 5. The van der Waals surface area contributed by atoms with Gasteiger partial charge in [-0.3, -0.25) is 4.90 Å². The van der Waals surface area contributed by atoms with Gasteiger partial charge in [0.2, 0.25) is 0 Å². The minimum absolute atomic E-state index is 0.193. The molecule has 0 aliphatic carbocycles. The number of fused-ring (bicyclic) bond motifs is 1. The van der Waals surface area contributed by atoms with Crippen molar-refractivity contribution in [2.24, 2.45) is 0 Å². The van der Waals surface area contributed by atoms with Gasteiger partial charge >= 0.3 is 0 Å². The Labute approximate surface area is 168 Å². The number of aromatic nitrogens is 1. The largest absolute Gasteiger partial charge is 0.496 e. The van der Waals surface area contributed by atoms with Crippen LogP contribution in [0.25, 0.3) is 0 Å².